The number of nitrogens with zero attached hydrogens (tertiary/aromatic N) is 1. The molecule has 62 valence electrons. The van der Waals surface area contributed by atoms with E-state index in [1.165, 1.54) is 0 Å². The topological polar surface area (TPSA) is 32.3 Å². The monoisotopic (exact) mass is 154 g/mol. The number of amides is 1. The Morgan fingerprint density at radius 1 is 1.64 bits per heavy atom. The Kier molecular flexibility index (Phi) is 1.27. The maximum absolute atomic E-state index is 11.4. The molecule has 1 N–H and O–H groups in total. The second-order valence-electron chi connectivity index (χ2n) is 3.77. The Morgan fingerprint density at radius 2 is 2.27 bits per heavy atom. The highest BCUT2D eigenvalue weighted by molar-refractivity contribution is 5.88. The largest absolute Gasteiger partial charge is 0.358 e. The predicted octanol–water partition coefficient (Wildman–Crippen LogP) is -0.173. The van der Waals surface area contributed by atoms with Gasteiger partial charge in [0.1, 0.15) is 5.54 Å². The van der Waals surface area contributed by atoms with Crippen molar-refractivity contribution >= 4 is 5.91 Å². The Balaban J connectivity index is 2.18. The van der Waals surface area contributed by atoms with Crippen molar-refractivity contribution in [1.82, 2.24) is 10.2 Å². The molecule has 3 heteroatoms. The lowest BCUT2D eigenvalue weighted by Crippen LogP contribution is -2.55. The number of likely N-dealkylation sites (N-methyl/N-ethyl adjacent to an activating group) is 2. The second-order valence-corrected chi connectivity index (χ2v) is 3.77. The van der Waals surface area contributed by atoms with Gasteiger partial charge < -0.3 is 5.32 Å². The molecule has 3 fully saturated rings. The number of nitrogens with one attached hydrogen (secondary N) is 1. The van der Waals surface area contributed by atoms with Crippen molar-refractivity contribution in [3.05, 3.63) is 0 Å². The summed E-state index contributed by atoms with van der Waals surface area (Å²) in [5.41, 5.74) is -0.112. The van der Waals surface area contributed by atoms with Crippen molar-refractivity contribution in [1.29, 1.82) is 0 Å². The normalized spacial score (nSPS) is 41.8. The van der Waals surface area contributed by atoms with Crippen molar-refractivity contribution in [3.63, 3.8) is 0 Å². The van der Waals surface area contributed by atoms with E-state index in [0.29, 0.717) is 0 Å². The minimum atomic E-state index is -0.112. The molecule has 11 heavy (non-hydrogen) atoms. The molecular formula is C8H14N2O. The van der Waals surface area contributed by atoms with E-state index in [0.717, 1.165) is 25.3 Å². The van der Waals surface area contributed by atoms with Crippen molar-refractivity contribution in [2.24, 2.45) is 5.92 Å². The molecule has 0 aromatic rings. The van der Waals surface area contributed by atoms with Crippen molar-refractivity contribution < 1.29 is 4.79 Å². The Labute approximate surface area is 66.8 Å². The fraction of sp³-hybridized carbons (Fsp3) is 0.875. The molecule has 2 aliphatic heterocycles. The summed E-state index contributed by atoms with van der Waals surface area (Å²) in [4.78, 5) is 13.6. The van der Waals surface area contributed by atoms with E-state index < -0.39 is 0 Å². The Bertz CT molecular complexity index is 196. The lowest BCUT2D eigenvalue weighted by molar-refractivity contribution is -0.133. The summed E-state index contributed by atoms with van der Waals surface area (Å²) in [6, 6.07) is 0. The summed E-state index contributed by atoms with van der Waals surface area (Å²) in [7, 11) is 3.76. The van der Waals surface area contributed by atoms with Crippen molar-refractivity contribution in [2.75, 3.05) is 20.6 Å². The van der Waals surface area contributed by atoms with Crippen molar-refractivity contribution in [2.45, 2.75) is 18.4 Å². The summed E-state index contributed by atoms with van der Waals surface area (Å²) >= 11 is 0. The van der Waals surface area contributed by atoms with Crippen LogP contribution in [0, 0.1) is 5.92 Å². The first-order valence-electron chi connectivity index (χ1n) is 4.12. The van der Waals surface area contributed by atoms with Crippen molar-refractivity contribution in [3.8, 4) is 0 Å². The van der Waals surface area contributed by atoms with Gasteiger partial charge in [0.2, 0.25) is 5.91 Å². The zero-order valence-corrected chi connectivity index (χ0v) is 7.05. The van der Waals surface area contributed by atoms with E-state index in [2.05, 4.69) is 10.2 Å². The third-order valence-electron chi connectivity index (χ3n) is 3.17. The van der Waals surface area contributed by atoms with Crippen LogP contribution in [0.25, 0.3) is 0 Å². The molecule has 1 amide bonds. The van der Waals surface area contributed by atoms with Gasteiger partial charge in [-0.25, -0.2) is 0 Å². The quantitative estimate of drug-likeness (QED) is 0.568. The first-order chi connectivity index (χ1) is 5.19. The molecular weight excluding hydrogens is 140 g/mol. The van der Waals surface area contributed by atoms with Crippen LogP contribution in [0.1, 0.15) is 12.8 Å². The molecule has 0 unspecified atom stereocenters. The van der Waals surface area contributed by atoms with Gasteiger partial charge in [-0.2, -0.15) is 0 Å². The summed E-state index contributed by atoms with van der Waals surface area (Å²) in [5, 5.41) is 2.74. The molecule has 0 atom stereocenters. The number of rotatable bonds is 1. The van der Waals surface area contributed by atoms with Gasteiger partial charge in [-0.15, -0.1) is 0 Å². The van der Waals surface area contributed by atoms with Crippen LogP contribution in [0.3, 0.4) is 0 Å². The van der Waals surface area contributed by atoms with E-state index in [4.69, 9.17) is 0 Å². The van der Waals surface area contributed by atoms with Crippen LogP contribution in [0.2, 0.25) is 0 Å². The minimum Gasteiger partial charge on any atom is -0.358 e. The van der Waals surface area contributed by atoms with Crippen LogP contribution in [0.15, 0.2) is 0 Å². The smallest absolute Gasteiger partial charge is 0.240 e. The molecule has 1 aliphatic carbocycles. The molecule has 2 bridgehead atoms. The molecule has 0 aromatic heterocycles. The van der Waals surface area contributed by atoms with Gasteiger partial charge in [0.15, 0.2) is 0 Å². The fourth-order valence-electron chi connectivity index (χ4n) is 2.49. The van der Waals surface area contributed by atoms with Gasteiger partial charge in [-0.3, -0.25) is 9.69 Å². The lowest BCUT2D eigenvalue weighted by Gasteiger charge is -2.38. The number of hydrogen-bond acceptors (Lipinski definition) is 2. The molecule has 3 nitrogen and oxygen atoms in total. The summed E-state index contributed by atoms with van der Waals surface area (Å²) in [6.45, 7) is 1.10. The average molecular weight is 154 g/mol. The van der Waals surface area contributed by atoms with Crippen LogP contribution in [-0.4, -0.2) is 37.0 Å². The highest BCUT2D eigenvalue weighted by Gasteiger charge is 2.58. The van der Waals surface area contributed by atoms with Gasteiger partial charge in [0, 0.05) is 13.6 Å². The molecule has 2 saturated heterocycles. The third kappa shape index (κ3) is 0.692. The SMILES string of the molecule is CNC(=O)C12CC(CN1C)C2. The zero-order chi connectivity index (χ0) is 8.06. The molecule has 0 aromatic carbocycles. The molecule has 0 spiro atoms. The van der Waals surface area contributed by atoms with Gasteiger partial charge in [-0.1, -0.05) is 0 Å². The highest BCUT2D eigenvalue weighted by atomic mass is 16.2. The standard InChI is InChI=1S/C8H14N2O/c1-9-7(11)8-3-6(4-8)5-10(8)2/h6H,3-5H2,1-2H3,(H,9,11). The number of fused-ring (bicyclic) bond motifs is 1. The van der Waals surface area contributed by atoms with E-state index in [1.54, 1.807) is 7.05 Å². The number of hydrogen-bond donors (Lipinski definition) is 1. The van der Waals surface area contributed by atoms with E-state index in [1.807, 2.05) is 7.05 Å². The molecule has 0 radical (unpaired) electrons. The Morgan fingerprint density at radius 3 is 2.64 bits per heavy atom. The predicted molar refractivity (Wildman–Crippen MR) is 42.2 cm³/mol. The first kappa shape index (κ1) is 7.10. The number of carbonyl (C=O) groups is 1. The molecule has 3 aliphatic rings. The Hall–Kier alpha value is -0.570. The molecule has 3 rings (SSSR count). The van der Waals surface area contributed by atoms with Crippen LogP contribution < -0.4 is 5.32 Å². The zero-order valence-electron chi connectivity index (χ0n) is 7.05. The first-order valence-corrected chi connectivity index (χ1v) is 4.12. The summed E-state index contributed by atoms with van der Waals surface area (Å²) in [5.74, 6) is 0.992. The second kappa shape index (κ2) is 1.97. The molecule has 1 saturated carbocycles. The summed E-state index contributed by atoms with van der Waals surface area (Å²) in [6.07, 6.45) is 2.15. The summed E-state index contributed by atoms with van der Waals surface area (Å²) < 4.78 is 0. The van der Waals surface area contributed by atoms with Crippen LogP contribution in [0.4, 0.5) is 0 Å². The third-order valence-corrected chi connectivity index (χ3v) is 3.17. The molecule has 2 heterocycles. The lowest BCUT2D eigenvalue weighted by atomic mass is 9.73. The van der Waals surface area contributed by atoms with Crippen LogP contribution in [0.5, 0.6) is 0 Å². The average Bonchev–Trinajstić information content (AvgIpc) is 2.38. The minimum absolute atomic E-state index is 0.112. The highest BCUT2D eigenvalue weighted by Crippen LogP contribution is 2.49. The number of carbonyl (C=O) groups excluding carboxylic acids is 1. The van der Waals surface area contributed by atoms with Crippen LogP contribution >= 0.6 is 0 Å². The van der Waals surface area contributed by atoms with Gasteiger partial charge in [0.05, 0.1) is 0 Å². The van der Waals surface area contributed by atoms with Gasteiger partial charge in [-0.05, 0) is 25.8 Å². The van der Waals surface area contributed by atoms with E-state index >= 15 is 0 Å². The van der Waals surface area contributed by atoms with E-state index in [9.17, 15) is 4.79 Å². The fourth-order valence-corrected chi connectivity index (χ4v) is 2.49. The van der Waals surface area contributed by atoms with Crippen LogP contribution in [-0.2, 0) is 4.79 Å². The van der Waals surface area contributed by atoms with Gasteiger partial charge >= 0.3 is 0 Å². The maximum atomic E-state index is 11.4. The maximum Gasteiger partial charge on any atom is 0.240 e. The van der Waals surface area contributed by atoms with E-state index in [-0.39, 0.29) is 11.4 Å². The van der Waals surface area contributed by atoms with Gasteiger partial charge in [0.25, 0.3) is 0 Å².